The molecule has 0 aliphatic carbocycles. The van der Waals surface area contributed by atoms with Crippen LogP contribution >= 0.6 is 0 Å². The number of nitrogens with two attached hydrogens (primary N) is 1. The van der Waals surface area contributed by atoms with E-state index >= 15 is 0 Å². The zero-order valence-electron chi connectivity index (χ0n) is 7.15. The van der Waals surface area contributed by atoms with Crippen LogP contribution in [-0.4, -0.2) is 17.0 Å². The molecule has 0 aromatic heterocycles. The Hall–Kier alpha value is -2.28. The van der Waals surface area contributed by atoms with Crippen molar-refractivity contribution in [1.82, 2.24) is 0 Å². The monoisotopic (exact) mass is 189 g/mol. The Morgan fingerprint density at radius 3 is 2.50 bits per heavy atom. The van der Waals surface area contributed by atoms with Gasteiger partial charge in [-0.15, -0.1) is 6.42 Å². The van der Waals surface area contributed by atoms with Crippen molar-refractivity contribution >= 4 is 11.9 Å². The molecule has 4 heteroatoms. The highest BCUT2D eigenvalue weighted by Crippen LogP contribution is 2.13. The van der Waals surface area contributed by atoms with Crippen LogP contribution in [0.4, 0.5) is 0 Å². The Labute approximate surface area is 80.3 Å². The zero-order chi connectivity index (χ0) is 10.7. The van der Waals surface area contributed by atoms with E-state index in [1.807, 2.05) is 0 Å². The first-order valence-corrected chi connectivity index (χ1v) is 3.70. The number of carbonyl (C=O) groups is 2. The predicted molar refractivity (Wildman–Crippen MR) is 49.9 cm³/mol. The summed E-state index contributed by atoms with van der Waals surface area (Å²) in [7, 11) is 0. The van der Waals surface area contributed by atoms with E-state index in [1.165, 1.54) is 18.2 Å². The largest absolute Gasteiger partial charge is 0.478 e. The molecule has 1 rings (SSSR count). The Balaban J connectivity index is 3.53. The molecule has 0 unspecified atom stereocenters. The first-order chi connectivity index (χ1) is 6.57. The summed E-state index contributed by atoms with van der Waals surface area (Å²) in [4.78, 5) is 21.7. The number of amides is 1. The SMILES string of the molecule is C#Cc1cccc(C(N)=O)c1C(=O)O. The number of aromatic carboxylic acids is 1. The summed E-state index contributed by atoms with van der Waals surface area (Å²) >= 11 is 0. The van der Waals surface area contributed by atoms with Gasteiger partial charge < -0.3 is 10.8 Å². The zero-order valence-corrected chi connectivity index (χ0v) is 7.15. The third-order valence-corrected chi connectivity index (χ3v) is 1.70. The summed E-state index contributed by atoms with van der Waals surface area (Å²) in [5, 5.41) is 8.82. The number of hydrogen-bond acceptors (Lipinski definition) is 2. The third-order valence-electron chi connectivity index (χ3n) is 1.70. The van der Waals surface area contributed by atoms with Gasteiger partial charge in [-0.05, 0) is 12.1 Å². The van der Waals surface area contributed by atoms with Crippen LogP contribution in [0.3, 0.4) is 0 Å². The molecule has 0 radical (unpaired) electrons. The number of benzene rings is 1. The van der Waals surface area contributed by atoms with E-state index < -0.39 is 11.9 Å². The molecular formula is C10H7NO3. The summed E-state index contributed by atoms with van der Waals surface area (Å²) in [5.41, 5.74) is 4.86. The number of primary amides is 1. The van der Waals surface area contributed by atoms with Crippen LogP contribution in [-0.2, 0) is 0 Å². The molecular weight excluding hydrogens is 182 g/mol. The summed E-state index contributed by atoms with van der Waals surface area (Å²) in [6.45, 7) is 0. The van der Waals surface area contributed by atoms with Gasteiger partial charge in [-0.1, -0.05) is 12.0 Å². The lowest BCUT2D eigenvalue weighted by Gasteiger charge is -2.03. The van der Waals surface area contributed by atoms with Crippen LogP contribution in [0, 0.1) is 12.3 Å². The molecule has 0 saturated carbocycles. The van der Waals surface area contributed by atoms with Crippen LogP contribution in [0.1, 0.15) is 26.3 Å². The van der Waals surface area contributed by atoms with Gasteiger partial charge in [0, 0.05) is 5.56 Å². The highest BCUT2D eigenvalue weighted by molar-refractivity contribution is 6.05. The highest BCUT2D eigenvalue weighted by atomic mass is 16.4. The fourth-order valence-corrected chi connectivity index (χ4v) is 1.11. The van der Waals surface area contributed by atoms with Crippen LogP contribution in [0.5, 0.6) is 0 Å². The minimum atomic E-state index is -1.26. The quantitative estimate of drug-likeness (QED) is 0.663. The maximum absolute atomic E-state index is 10.9. The fraction of sp³-hybridized carbons (Fsp3) is 0. The van der Waals surface area contributed by atoms with Crippen LogP contribution in [0.2, 0.25) is 0 Å². The molecule has 1 amide bonds. The fourth-order valence-electron chi connectivity index (χ4n) is 1.11. The predicted octanol–water partition coefficient (Wildman–Crippen LogP) is 0.465. The minimum absolute atomic E-state index is 0.0760. The van der Waals surface area contributed by atoms with E-state index in [2.05, 4.69) is 5.92 Å². The molecule has 0 spiro atoms. The van der Waals surface area contributed by atoms with Gasteiger partial charge in [-0.25, -0.2) is 4.79 Å². The molecule has 14 heavy (non-hydrogen) atoms. The van der Waals surface area contributed by atoms with Crippen molar-refractivity contribution in [2.75, 3.05) is 0 Å². The van der Waals surface area contributed by atoms with Crippen molar-refractivity contribution in [3.05, 3.63) is 34.9 Å². The van der Waals surface area contributed by atoms with Crippen LogP contribution in [0.15, 0.2) is 18.2 Å². The van der Waals surface area contributed by atoms with Crippen molar-refractivity contribution < 1.29 is 14.7 Å². The highest BCUT2D eigenvalue weighted by Gasteiger charge is 2.17. The number of carbonyl (C=O) groups excluding carboxylic acids is 1. The van der Waals surface area contributed by atoms with Crippen molar-refractivity contribution in [3.8, 4) is 12.3 Å². The van der Waals surface area contributed by atoms with E-state index in [0.717, 1.165) is 0 Å². The van der Waals surface area contributed by atoms with Gasteiger partial charge in [0.05, 0.1) is 11.1 Å². The molecule has 1 aromatic carbocycles. The molecule has 3 N–H and O–H groups in total. The van der Waals surface area contributed by atoms with Crippen molar-refractivity contribution in [2.24, 2.45) is 5.73 Å². The molecule has 0 atom stereocenters. The lowest BCUT2D eigenvalue weighted by Crippen LogP contribution is -2.17. The first-order valence-electron chi connectivity index (χ1n) is 3.70. The second kappa shape index (κ2) is 3.62. The van der Waals surface area contributed by atoms with Crippen molar-refractivity contribution in [2.45, 2.75) is 0 Å². The Kier molecular flexibility index (Phi) is 2.54. The lowest BCUT2D eigenvalue weighted by atomic mass is 10.0. The number of rotatable bonds is 2. The van der Waals surface area contributed by atoms with E-state index in [4.69, 9.17) is 17.3 Å². The van der Waals surface area contributed by atoms with Gasteiger partial charge in [-0.3, -0.25) is 4.79 Å². The summed E-state index contributed by atoms with van der Waals surface area (Å²) in [6, 6.07) is 4.25. The lowest BCUT2D eigenvalue weighted by molar-refractivity contribution is 0.0691. The van der Waals surface area contributed by atoms with E-state index in [-0.39, 0.29) is 16.7 Å². The van der Waals surface area contributed by atoms with E-state index in [1.54, 1.807) is 0 Å². The Morgan fingerprint density at radius 1 is 1.43 bits per heavy atom. The second-order valence-electron chi connectivity index (χ2n) is 2.54. The molecule has 1 aromatic rings. The number of hydrogen-bond donors (Lipinski definition) is 2. The molecule has 0 fully saturated rings. The van der Waals surface area contributed by atoms with Gasteiger partial charge >= 0.3 is 5.97 Å². The summed E-state index contributed by atoms with van der Waals surface area (Å²) < 4.78 is 0. The smallest absolute Gasteiger partial charge is 0.337 e. The number of terminal acetylenes is 1. The second-order valence-corrected chi connectivity index (χ2v) is 2.54. The van der Waals surface area contributed by atoms with E-state index in [0.29, 0.717) is 0 Å². The van der Waals surface area contributed by atoms with E-state index in [9.17, 15) is 9.59 Å². The third kappa shape index (κ3) is 1.57. The molecule has 0 aliphatic heterocycles. The average molecular weight is 189 g/mol. The van der Waals surface area contributed by atoms with Crippen LogP contribution < -0.4 is 5.73 Å². The Bertz CT molecular complexity index is 443. The van der Waals surface area contributed by atoms with Gasteiger partial charge in [0.1, 0.15) is 0 Å². The molecule has 0 heterocycles. The molecule has 4 nitrogen and oxygen atoms in total. The standard InChI is InChI=1S/C10H7NO3/c1-2-6-4-3-5-7(9(11)12)8(6)10(13)14/h1,3-5H,(H2,11,12)(H,13,14). The van der Waals surface area contributed by atoms with Gasteiger partial charge in [0.15, 0.2) is 0 Å². The molecule has 70 valence electrons. The average Bonchev–Trinajstić information content (AvgIpc) is 2.16. The maximum atomic E-state index is 10.9. The number of carboxylic acids is 1. The molecule has 0 saturated heterocycles. The first kappa shape index (κ1) is 9.81. The van der Waals surface area contributed by atoms with Gasteiger partial charge in [0.2, 0.25) is 5.91 Å². The molecule has 0 bridgehead atoms. The van der Waals surface area contributed by atoms with Crippen molar-refractivity contribution in [3.63, 3.8) is 0 Å². The normalized spacial score (nSPS) is 9.07. The van der Waals surface area contributed by atoms with Gasteiger partial charge in [-0.2, -0.15) is 0 Å². The van der Waals surface area contributed by atoms with Gasteiger partial charge in [0.25, 0.3) is 0 Å². The minimum Gasteiger partial charge on any atom is -0.478 e. The summed E-state index contributed by atoms with van der Waals surface area (Å²) in [5.74, 6) is 0.120. The maximum Gasteiger partial charge on any atom is 0.337 e. The van der Waals surface area contributed by atoms with Crippen LogP contribution in [0.25, 0.3) is 0 Å². The van der Waals surface area contributed by atoms with Crippen molar-refractivity contribution in [1.29, 1.82) is 0 Å². The summed E-state index contributed by atoms with van der Waals surface area (Å²) in [6.07, 6.45) is 5.09. The Morgan fingerprint density at radius 2 is 2.07 bits per heavy atom. The molecule has 0 aliphatic rings. The number of carboxylic acid groups (broad SMARTS) is 1. The topological polar surface area (TPSA) is 80.4 Å².